The van der Waals surface area contributed by atoms with Crippen molar-refractivity contribution in [3.63, 3.8) is 0 Å². The summed E-state index contributed by atoms with van der Waals surface area (Å²) in [6.45, 7) is 1.39. The highest BCUT2D eigenvalue weighted by molar-refractivity contribution is 7.91. The molecule has 27 heavy (non-hydrogen) atoms. The van der Waals surface area contributed by atoms with E-state index in [9.17, 15) is 22.8 Å². The van der Waals surface area contributed by atoms with Gasteiger partial charge in [-0.3, -0.25) is 14.4 Å². The Balaban J connectivity index is 1.73. The Hall–Kier alpha value is -2.75. The summed E-state index contributed by atoms with van der Waals surface area (Å²) in [5.41, 5.74) is 1.18. The van der Waals surface area contributed by atoms with Crippen molar-refractivity contribution < 1.29 is 22.8 Å². The Bertz CT molecular complexity index is 925. The molecule has 2 aliphatic rings. The minimum absolute atomic E-state index is 0.0223. The van der Waals surface area contributed by atoms with E-state index in [1.54, 1.807) is 24.3 Å². The Morgan fingerprint density at radius 3 is 2.52 bits per heavy atom. The molecule has 0 aromatic heterocycles. The average Bonchev–Trinajstić information content (AvgIpc) is 2.94. The number of anilines is 2. The predicted octanol–water partition coefficient (Wildman–Crippen LogP) is 0.749. The lowest BCUT2D eigenvalue weighted by Gasteiger charge is -2.27. The summed E-state index contributed by atoms with van der Waals surface area (Å²) < 4.78 is 23.3. The maximum Gasteiger partial charge on any atom is 0.271 e. The third-order valence-electron chi connectivity index (χ3n) is 4.32. The van der Waals surface area contributed by atoms with Gasteiger partial charge in [-0.05, 0) is 24.6 Å². The first-order valence-electron chi connectivity index (χ1n) is 8.52. The van der Waals surface area contributed by atoms with Gasteiger partial charge in [-0.2, -0.15) is 5.10 Å². The van der Waals surface area contributed by atoms with E-state index in [0.29, 0.717) is 17.8 Å². The van der Waals surface area contributed by atoms with E-state index in [1.807, 2.05) is 0 Å². The van der Waals surface area contributed by atoms with Gasteiger partial charge in [-0.15, -0.1) is 0 Å². The maximum atomic E-state index is 12.5. The fraction of sp³-hybridized carbons (Fsp3) is 0.412. The van der Waals surface area contributed by atoms with Crippen LogP contribution in [0.4, 0.5) is 11.4 Å². The van der Waals surface area contributed by atoms with Crippen LogP contribution >= 0.6 is 0 Å². The third kappa shape index (κ3) is 4.70. The summed E-state index contributed by atoms with van der Waals surface area (Å²) in [6.07, 6.45) is 0.617. The van der Waals surface area contributed by atoms with Crippen LogP contribution in [0.5, 0.6) is 0 Å². The van der Waals surface area contributed by atoms with E-state index in [-0.39, 0.29) is 41.9 Å². The smallest absolute Gasteiger partial charge is 0.271 e. The van der Waals surface area contributed by atoms with Gasteiger partial charge in [0, 0.05) is 31.1 Å². The summed E-state index contributed by atoms with van der Waals surface area (Å²) in [7, 11) is -3.17. The SMILES string of the molecule is CC(=O)Nc1cccc(NC(=O)C2=NN([C@@H]3CCS(=O)(=O)C3)C(=O)CC2)c1. The molecule has 1 atom stereocenters. The van der Waals surface area contributed by atoms with E-state index < -0.39 is 21.8 Å². The average molecular weight is 392 g/mol. The number of sulfone groups is 1. The zero-order valence-electron chi connectivity index (χ0n) is 14.8. The number of rotatable bonds is 4. The van der Waals surface area contributed by atoms with Crippen LogP contribution in [0.15, 0.2) is 29.4 Å². The fourth-order valence-corrected chi connectivity index (χ4v) is 4.76. The monoisotopic (exact) mass is 392 g/mol. The zero-order valence-corrected chi connectivity index (χ0v) is 15.6. The molecule has 2 aliphatic heterocycles. The van der Waals surface area contributed by atoms with Gasteiger partial charge in [0.1, 0.15) is 5.71 Å². The van der Waals surface area contributed by atoms with Crippen molar-refractivity contribution in [2.45, 2.75) is 32.2 Å². The molecule has 2 N–H and O–H groups in total. The molecule has 0 unspecified atom stereocenters. The van der Waals surface area contributed by atoms with Gasteiger partial charge in [0.05, 0.1) is 17.5 Å². The summed E-state index contributed by atoms with van der Waals surface area (Å²) >= 11 is 0. The molecular weight excluding hydrogens is 372 g/mol. The van der Waals surface area contributed by atoms with Crippen LogP contribution < -0.4 is 10.6 Å². The van der Waals surface area contributed by atoms with Gasteiger partial charge in [-0.25, -0.2) is 13.4 Å². The molecule has 1 aromatic carbocycles. The van der Waals surface area contributed by atoms with Gasteiger partial charge in [0.2, 0.25) is 11.8 Å². The Kier molecular flexibility index (Phi) is 5.26. The molecule has 0 aliphatic carbocycles. The van der Waals surface area contributed by atoms with Crippen molar-refractivity contribution in [2.75, 3.05) is 22.1 Å². The van der Waals surface area contributed by atoms with E-state index in [4.69, 9.17) is 0 Å². The van der Waals surface area contributed by atoms with Gasteiger partial charge < -0.3 is 10.6 Å². The highest BCUT2D eigenvalue weighted by atomic mass is 32.2. The number of benzene rings is 1. The predicted molar refractivity (Wildman–Crippen MR) is 99.9 cm³/mol. The second-order valence-corrected chi connectivity index (χ2v) is 8.79. The number of amides is 3. The van der Waals surface area contributed by atoms with Crippen molar-refractivity contribution in [1.29, 1.82) is 0 Å². The molecule has 0 saturated carbocycles. The summed E-state index contributed by atoms with van der Waals surface area (Å²) in [5, 5.41) is 10.6. The molecule has 1 saturated heterocycles. The van der Waals surface area contributed by atoms with Crippen LogP contribution in [0.3, 0.4) is 0 Å². The largest absolute Gasteiger partial charge is 0.326 e. The van der Waals surface area contributed by atoms with Crippen molar-refractivity contribution in [3.05, 3.63) is 24.3 Å². The van der Waals surface area contributed by atoms with Crippen LogP contribution in [-0.4, -0.2) is 54.4 Å². The number of carbonyl (C=O) groups is 3. The van der Waals surface area contributed by atoms with Crippen LogP contribution in [-0.2, 0) is 24.2 Å². The topological polar surface area (TPSA) is 125 Å². The lowest BCUT2D eigenvalue weighted by Crippen LogP contribution is -2.42. The van der Waals surface area contributed by atoms with Crippen molar-refractivity contribution in [2.24, 2.45) is 5.10 Å². The molecule has 0 radical (unpaired) electrons. The lowest BCUT2D eigenvalue weighted by molar-refractivity contribution is -0.133. The van der Waals surface area contributed by atoms with Crippen LogP contribution in [0, 0.1) is 0 Å². The number of hydrogen-bond donors (Lipinski definition) is 2. The van der Waals surface area contributed by atoms with Crippen molar-refractivity contribution >= 4 is 44.6 Å². The second kappa shape index (κ2) is 7.47. The molecule has 144 valence electrons. The first kappa shape index (κ1) is 19.0. The Labute approximate surface area is 156 Å². The minimum Gasteiger partial charge on any atom is -0.326 e. The second-order valence-electron chi connectivity index (χ2n) is 6.56. The molecule has 9 nitrogen and oxygen atoms in total. The van der Waals surface area contributed by atoms with Gasteiger partial charge in [-0.1, -0.05) is 6.07 Å². The highest BCUT2D eigenvalue weighted by Gasteiger charge is 2.37. The maximum absolute atomic E-state index is 12.5. The quantitative estimate of drug-likeness (QED) is 0.782. The van der Waals surface area contributed by atoms with Gasteiger partial charge in [0.25, 0.3) is 5.91 Å². The van der Waals surface area contributed by atoms with Crippen LogP contribution in [0.2, 0.25) is 0 Å². The zero-order chi connectivity index (χ0) is 19.6. The third-order valence-corrected chi connectivity index (χ3v) is 6.07. The van der Waals surface area contributed by atoms with Crippen molar-refractivity contribution in [1.82, 2.24) is 5.01 Å². The number of hydrogen-bond acceptors (Lipinski definition) is 6. The summed E-state index contributed by atoms with van der Waals surface area (Å²) in [4.78, 5) is 35.8. The van der Waals surface area contributed by atoms with E-state index in [0.717, 1.165) is 5.01 Å². The van der Waals surface area contributed by atoms with Crippen LogP contribution in [0.1, 0.15) is 26.2 Å². The minimum atomic E-state index is -3.17. The number of nitrogens with one attached hydrogen (secondary N) is 2. The van der Waals surface area contributed by atoms with E-state index >= 15 is 0 Å². The lowest BCUT2D eigenvalue weighted by atomic mass is 10.1. The fourth-order valence-electron chi connectivity index (χ4n) is 3.07. The molecule has 0 bridgehead atoms. The van der Waals surface area contributed by atoms with Crippen molar-refractivity contribution in [3.8, 4) is 0 Å². The molecule has 1 fully saturated rings. The number of nitrogens with zero attached hydrogens (tertiary/aromatic N) is 2. The van der Waals surface area contributed by atoms with Gasteiger partial charge in [0.15, 0.2) is 9.84 Å². The standard InChI is InChI=1S/C17H20N4O5S/c1-11(22)18-12-3-2-4-13(9-12)19-17(24)15-5-6-16(23)21(20-15)14-7-8-27(25,26)10-14/h2-4,9,14H,5-8,10H2,1H3,(H,18,22)(H,19,24)/t14-/m1/s1. The Morgan fingerprint density at radius 2 is 1.89 bits per heavy atom. The van der Waals surface area contributed by atoms with Gasteiger partial charge >= 0.3 is 0 Å². The van der Waals surface area contributed by atoms with E-state index in [1.165, 1.54) is 6.92 Å². The molecular formula is C17H20N4O5S. The normalized spacial score (nSPS) is 21.5. The molecule has 10 heteroatoms. The molecule has 2 heterocycles. The first-order valence-corrected chi connectivity index (χ1v) is 10.3. The summed E-state index contributed by atoms with van der Waals surface area (Å²) in [5.74, 6) is -1.07. The first-order chi connectivity index (χ1) is 12.7. The molecule has 1 aromatic rings. The number of carbonyl (C=O) groups excluding carboxylic acids is 3. The van der Waals surface area contributed by atoms with E-state index in [2.05, 4.69) is 15.7 Å². The highest BCUT2D eigenvalue weighted by Crippen LogP contribution is 2.23. The molecule has 0 spiro atoms. The van der Waals surface area contributed by atoms with Crippen LogP contribution in [0.25, 0.3) is 0 Å². The Morgan fingerprint density at radius 1 is 1.19 bits per heavy atom. The summed E-state index contributed by atoms with van der Waals surface area (Å²) in [6, 6.07) is 6.13. The molecule has 3 amide bonds. The number of hydrazone groups is 1. The molecule has 3 rings (SSSR count).